The molecule has 3 atom stereocenters. The first kappa shape index (κ1) is 14.7. The Bertz CT molecular complexity index is 308. The molecule has 1 heterocycles. The Hall–Kier alpha value is -1.34. The smallest absolute Gasteiger partial charge is 0.328 e. The Labute approximate surface area is 106 Å². The average molecular weight is 260 g/mol. The number of hydrogen-bond donors (Lipinski definition) is 3. The number of morpholine rings is 1. The summed E-state index contributed by atoms with van der Waals surface area (Å²) in [5.41, 5.74) is 0. The van der Waals surface area contributed by atoms with Crippen molar-refractivity contribution in [1.82, 2.24) is 10.2 Å². The predicted molar refractivity (Wildman–Crippen MR) is 63.2 cm³/mol. The van der Waals surface area contributed by atoms with Gasteiger partial charge in [-0.2, -0.15) is 0 Å². The number of amides is 2. The number of nitrogens with one attached hydrogen (secondary N) is 1. The second-order valence-electron chi connectivity index (χ2n) is 4.35. The topological polar surface area (TPSA) is 99.1 Å². The first-order valence-corrected chi connectivity index (χ1v) is 6.03. The molecule has 0 aliphatic carbocycles. The van der Waals surface area contributed by atoms with Gasteiger partial charge in [-0.3, -0.25) is 0 Å². The minimum absolute atomic E-state index is 0.0145. The zero-order chi connectivity index (χ0) is 13.7. The van der Waals surface area contributed by atoms with Gasteiger partial charge in [0.05, 0.1) is 18.8 Å². The number of aliphatic carboxylic acids is 1. The molecule has 104 valence electrons. The SMILES string of the molecule is CCC1CN(C(=O)NC(C(=O)O)C(C)O)CCO1. The summed E-state index contributed by atoms with van der Waals surface area (Å²) >= 11 is 0. The lowest BCUT2D eigenvalue weighted by Gasteiger charge is -2.33. The largest absolute Gasteiger partial charge is 0.480 e. The van der Waals surface area contributed by atoms with E-state index in [0.29, 0.717) is 19.7 Å². The van der Waals surface area contributed by atoms with Crippen molar-refractivity contribution in [2.24, 2.45) is 0 Å². The molecule has 0 aromatic carbocycles. The van der Waals surface area contributed by atoms with Crippen molar-refractivity contribution in [3.63, 3.8) is 0 Å². The summed E-state index contributed by atoms with van der Waals surface area (Å²) in [6.07, 6.45) is -0.364. The number of aliphatic hydroxyl groups excluding tert-OH is 1. The number of carboxylic acids is 1. The van der Waals surface area contributed by atoms with Crippen molar-refractivity contribution in [3.05, 3.63) is 0 Å². The molecular formula is C11H20N2O5. The van der Waals surface area contributed by atoms with Crippen LogP contribution in [0.3, 0.4) is 0 Å². The van der Waals surface area contributed by atoms with Crippen LogP contribution in [-0.2, 0) is 9.53 Å². The van der Waals surface area contributed by atoms with Gasteiger partial charge in [0.1, 0.15) is 0 Å². The number of carbonyl (C=O) groups is 2. The fraction of sp³-hybridized carbons (Fsp3) is 0.818. The highest BCUT2D eigenvalue weighted by Gasteiger charge is 2.29. The van der Waals surface area contributed by atoms with Crippen LogP contribution in [-0.4, -0.2) is 65.1 Å². The first-order chi connectivity index (χ1) is 8.45. The van der Waals surface area contributed by atoms with E-state index in [1.165, 1.54) is 11.8 Å². The summed E-state index contributed by atoms with van der Waals surface area (Å²) in [6, 6.07) is -1.77. The van der Waals surface area contributed by atoms with Crippen LogP contribution in [0.15, 0.2) is 0 Å². The van der Waals surface area contributed by atoms with E-state index < -0.39 is 24.1 Å². The van der Waals surface area contributed by atoms with Gasteiger partial charge in [0.15, 0.2) is 6.04 Å². The maximum Gasteiger partial charge on any atom is 0.328 e. The van der Waals surface area contributed by atoms with Gasteiger partial charge in [-0.05, 0) is 13.3 Å². The van der Waals surface area contributed by atoms with Crippen LogP contribution in [0.2, 0.25) is 0 Å². The number of urea groups is 1. The van der Waals surface area contributed by atoms with Gasteiger partial charge >= 0.3 is 12.0 Å². The zero-order valence-corrected chi connectivity index (χ0v) is 10.6. The Balaban J connectivity index is 2.55. The van der Waals surface area contributed by atoms with Crippen molar-refractivity contribution >= 4 is 12.0 Å². The lowest BCUT2D eigenvalue weighted by atomic mass is 10.2. The van der Waals surface area contributed by atoms with Crippen molar-refractivity contribution in [3.8, 4) is 0 Å². The number of rotatable bonds is 4. The molecule has 18 heavy (non-hydrogen) atoms. The summed E-state index contributed by atoms with van der Waals surface area (Å²) in [6.45, 7) is 4.59. The van der Waals surface area contributed by atoms with Crippen molar-refractivity contribution < 1.29 is 24.5 Å². The molecule has 0 aromatic heterocycles. The highest BCUT2D eigenvalue weighted by Crippen LogP contribution is 2.08. The lowest BCUT2D eigenvalue weighted by Crippen LogP contribution is -2.55. The van der Waals surface area contributed by atoms with E-state index >= 15 is 0 Å². The van der Waals surface area contributed by atoms with Gasteiger partial charge in [0, 0.05) is 13.1 Å². The van der Waals surface area contributed by atoms with Crippen molar-refractivity contribution in [2.45, 2.75) is 38.5 Å². The number of ether oxygens (including phenoxy) is 1. The van der Waals surface area contributed by atoms with Crippen LogP contribution in [0.1, 0.15) is 20.3 Å². The molecule has 3 N–H and O–H groups in total. The fourth-order valence-corrected chi connectivity index (χ4v) is 1.76. The van der Waals surface area contributed by atoms with Crippen LogP contribution in [0.25, 0.3) is 0 Å². The summed E-state index contributed by atoms with van der Waals surface area (Å²) < 4.78 is 5.42. The predicted octanol–water partition coefficient (Wildman–Crippen LogP) is -0.359. The number of carbonyl (C=O) groups excluding carboxylic acids is 1. The third-order valence-corrected chi connectivity index (χ3v) is 2.91. The maximum atomic E-state index is 11.9. The molecule has 0 spiro atoms. The fourth-order valence-electron chi connectivity index (χ4n) is 1.76. The summed E-state index contributed by atoms with van der Waals surface area (Å²) in [5, 5.41) is 20.5. The first-order valence-electron chi connectivity index (χ1n) is 6.03. The molecular weight excluding hydrogens is 240 g/mol. The summed E-state index contributed by atoms with van der Waals surface area (Å²) in [7, 11) is 0. The highest BCUT2D eigenvalue weighted by atomic mass is 16.5. The summed E-state index contributed by atoms with van der Waals surface area (Å²) in [4.78, 5) is 24.2. The van der Waals surface area contributed by atoms with E-state index in [4.69, 9.17) is 9.84 Å². The van der Waals surface area contributed by atoms with Crippen molar-refractivity contribution in [1.29, 1.82) is 0 Å². The second kappa shape index (κ2) is 6.55. The Morgan fingerprint density at radius 2 is 2.22 bits per heavy atom. The van der Waals surface area contributed by atoms with Crippen molar-refractivity contribution in [2.75, 3.05) is 19.7 Å². The van der Waals surface area contributed by atoms with Crippen LogP contribution in [0, 0.1) is 0 Å². The van der Waals surface area contributed by atoms with E-state index in [0.717, 1.165) is 6.42 Å². The third-order valence-electron chi connectivity index (χ3n) is 2.91. The Kier molecular flexibility index (Phi) is 5.36. The van der Waals surface area contributed by atoms with Crippen LogP contribution in [0.4, 0.5) is 4.79 Å². The molecule has 1 aliphatic rings. The number of aliphatic hydroxyl groups is 1. The monoisotopic (exact) mass is 260 g/mol. The number of hydrogen-bond acceptors (Lipinski definition) is 4. The van der Waals surface area contributed by atoms with Gasteiger partial charge in [-0.1, -0.05) is 6.92 Å². The molecule has 7 nitrogen and oxygen atoms in total. The molecule has 3 unspecified atom stereocenters. The van der Waals surface area contributed by atoms with Gasteiger partial charge in [0.2, 0.25) is 0 Å². The highest BCUT2D eigenvalue weighted by molar-refractivity contribution is 5.83. The van der Waals surface area contributed by atoms with E-state index in [9.17, 15) is 14.7 Å². The van der Waals surface area contributed by atoms with Crippen LogP contribution < -0.4 is 5.32 Å². The average Bonchev–Trinajstić information content (AvgIpc) is 2.34. The molecule has 7 heteroatoms. The molecule has 0 bridgehead atoms. The molecule has 1 saturated heterocycles. The molecule has 2 amide bonds. The third kappa shape index (κ3) is 3.85. The standard InChI is InChI=1S/C11H20N2O5/c1-3-8-6-13(4-5-18-8)11(17)12-9(7(2)14)10(15)16/h7-9,14H,3-6H2,1-2H3,(H,12,17)(H,15,16). The summed E-state index contributed by atoms with van der Waals surface area (Å²) in [5.74, 6) is -1.25. The second-order valence-corrected chi connectivity index (χ2v) is 4.35. The van der Waals surface area contributed by atoms with Crippen LogP contribution >= 0.6 is 0 Å². The number of nitrogens with zero attached hydrogens (tertiary/aromatic N) is 1. The number of carboxylic acid groups (broad SMARTS) is 1. The zero-order valence-electron chi connectivity index (χ0n) is 10.6. The minimum Gasteiger partial charge on any atom is -0.480 e. The maximum absolute atomic E-state index is 11.9. The van der Waals surface area contributed by atoms with E-state index in [-0.39, 0.29) is 6.10 Å². The van der Waals surface area contributed by atoms with E-state index in [1.54, 1.807) is 0 Å². The molecule has 0 radical (unpaired) electrons. The minimum atomic E-state index is -1.29. The lowest BCUT2D eigenvalue weighted by molar-refractivity contribution is -0.141. The van der Waals surface area contributed by atoms with E-state index in [1.807, 2.05) is 6.92 Å². The van der Waals surface area contributed by atoms with E-state index in [2.05, 4.69) is 5.32 Å². The molecule has 1 fully saturated rings. The van der Waals surface area contributed by atoms with Gasteiger partial charge in [-0.25, -0.2) is 9.59 Å². The quantitative estimate of drug-likeness (QED) is 0.641. The Morgan fingerprint density at radius 1 is 1.56 bits per heavy atom. The molecule has 0 aromatic rings. The molecule has 0 saturated carbocycles. The normalized spacial score (nSPS) is 23.3. The van der Waals surface area contributed by atoms with Gasteiger partial charge < -0.3 is 25.2 Å². The van der Waals surface area contributed by atoms with Gasteiger partial charge in [0.25, 0.3) is 0 Å². The van der Waals surface area contributed by atoms with Gasteiger partial charge in [-0.15, -0.1) is 0 Å². The molecule has 1 rings (SSSR count). The Morgan fingerprint density at radius 3 is 2.72 bits per heavy atom. The van der Waals surface area contributed by atoms with Crippen LogP contribution in [0.5, 0.6) is 0 Å². The molecule has 1 aliphatic heterocycles.